The molecule has 33 heavy (non-hydrogen) atoms. The summed E-state index contributed by atoms with van der Waals surface area (Å²) >= 11 is 0. The van der Waals surface area contributed by atoms with Crippen molar-refractivity contribution in [2.75, 3.05) is 5.32 Å². The van der Waals surface area contributed by atoms with Crippen LogP contribution >= 0.6 is 0 Å². The van der Waals surface area contributed by atoms with Gasteiger partial charge in [0.1, 0.15) is 11.7 Å². The summed E-state index contributed by atoms with van der Waals surface area (Å²) < 4.78 is 12.3. The van der Waals surface area contributed by atoms with Gasteiger partial charge in [0.25, 0.3) is 0 Å². The third-order valence-corrected chi connectivity index (χ3v) is 9.52. The first-order chi connectivity index (χ1) is 15.5. The number of benzene rings is 1. The highest BCUT2D eigenvalue weighted by atomic mass is 16.8. The molecule has 0 radical (unpaired) electrons. The number of carbonyl (C=O) groups excluding carboxylic acids is 3. The Morgan fingerprint density at radius 1 is 1.00 bits per heavy atom. The van der Waals surface area contributed by atoms with Gasteiger partial charge in [-0.15, -0.1) is 0 Å². The van der Waals surface area contributed by atoms with Gasteiger partial charge in [0, 0.05) is 23.8 Å². The number of hydrogen-bond acceptors (Lipinski definition) is 5. The monoisotopic (exact) mass is 449 g/mol. The second kappa shape index (κ2) is 6.42. The zero-order valence-electron chi connectivity index (χ0n) is 19.7. The second-order valence-electron chi connectivity index (χ2n) is 11.5. The van der Waals surface area contributed by atoms with Crippen molar-refractivity contribution >= 4 is 23.2 Å². The molecule has 1 spiro atoms. The standard InChI is InChI=1S/C27H31NO5/c1-24(2)27(33-24)12-11-25(3)17-10-9-15-13-20(29)16-7-5-6-8-19(16)28-23(31)26(15,4)18(17)14-21(30)22(25)32-27/h5-8,14-15,17,22H,9-13H2,1-4H3,(H,28,31). The number of amides is 1. The topological polar surface area (TPSA) is 85.0 Å². The molecule has 174 valence electrons. The van der Waals surface area contributed by atoms with Crippen molar-refractivity contribution in [1.82, 2.24) is 0 Å². The highest BCUT2D eigenvalue weighted by Gasteiger charge is 2.72. The number of hydrogen-bond donors (Lipinski definition) is 1. The van der Waals surface area contributed by atoms with Crippen LogP contribution < -0.4 is 5.32 Å². The van der Waals surface area contributed by atoms with E-state index in [2.05, 4.69) is 12.2 Å². The minimum absolute atomic E-state index is 0.0446. The van der Waals surface area contributed by atoms with E-state index in [1.54, 1.807) is 18.2 Å². The number of epoxide rings is 1. The lowest BCUT2D eigenvalue weighted by atomic mass is 9.49. The minimum Gasteiger partial charge on any atom is -0.336 e. The van der Waals surface area contributed by atoms with Crippen molar-refractivity contribution in [2.24, 2.45) is 22.7 Å². The molecule has 5 aliphatic rings. The lowest BCUT2D eigenvalue weighted by Crippen LogP contribution is -2.60. The van der Waals surface area contributed by atoms with Crippen LogP contribution in [0, 0.1) is 22.7 Å². The Bertz CT molecular complexity index is 1140. The molecule has 0 aromatic heterocycles. The van der Waals surface area contributed by atoms with E-state index in [4.69, 9.17) is 9.47 Å². The molecule has 6 nitrogen and oxygen atoms in total. The summed E-state index contributed by atoms with van der Waals surface area (Å²) in [5.74, 6) is -0.932. The molecule has 3 aliphatic heterocycles. The molecule has 1 amide bonds. The number of nitrogens with one attached hydrogen (secondary N) is 1. The van der Waals surface area contributed by atoms with E-state index < -0.39 is 22.7 Å². The molecule has 6 heteroatoms. The van der Waals surface area contributed by atoms with Gasteiger partial charge in [-0.25, -0.2) is 0 Å². The minimum atomic E-state index is -0.916. The van der Waals surface area contributed by atoms with Crippen LogP contribution in [-0.2, 0) is 19.1 Å². The molecule has 0 bridgehead atoms. The van der Waals surface area contributed by atoms with Crippen LogP contribution in [0.1, 0.15) is 70.2 Å². The quantitative estimate of drug-likeness (QED) is 0.592. The van der Waals surface area contributed by atoms with Crippen molar-refractivity contribution in [1.29, 1.82) is 0 Å². The predicted molar refractivity (Wildman–Crippen MR) is 122 cm³/mol. The van der Waals surface area contributed by atoms with E-state index in [0.717, 1.165) is 31.3 Å². The highest BCUT2D eigenvalue weighted by Crippen LogP contribution is 2.65. The first kappa shape index (κ1) is 21.2. The maximum absolute atomic E-state index is 13.8. The zero-order valence-corrected chi connectivity index (χ0v) is 19.7. The Morgan fingerprint density at radius 3 is 2.45 bits per heavy atom. The highest BCUT2D eigenvalue weighted by molar-refractivity contribution is 6.09. The van der Waals surface area contributed by atoms with Crippen LogP contribution in [0.2, 0.25) is 0 Å². The number of fused-ring (bicyclic) bond motifs is 6. The predicted octanol–water partition coefficient (Wildman–Crippen LogP) is 4.44. The molecular formula is C27H31NO5. The summed E-state index contributed by atoms with van der Waals surface area (Å²) in [7, 11) is 0. The second-order valence-corrected chi connectivity index (χ2v) is 11.5. The van der Waals surface area contributed by atoms with E-state index in [1.807, 2.05) is 32.9 Å². The Hall–Kier alpha value is -2.31. The van der Waals surface area contributed by atoms with Gasteiger partial charge >= 0.3 is 0 Å². The Labute approximate surface area is 194 Å². The van der Waals surface area contributed by atoms with Gasteiger partial charge in [0.15, 0.2) is 17.4 Å². The van der Waals surface area contributed by atoms with Crippen molar-refractivity contribution in [3.8, 4) is 0 Å². The smallest absolute Gasteiger partial charge is 0.234 e. The molecule has 1 aromatic carbocycles. The summed E-state index contributed by atoms with van der Waals surface area (Å²) in [6, 6.07) is 7.20. The van der Waals surface area contributed by atoms with Crippen molar-refractivity contribution in [3.05, 3.63) is 41.5 Å². The van der Waals surface area contributed by atoms with Crippen LogP contribution in [0.5, 0.6) is 0 Å². The third kappa shape index (κ3) is 2.65. The van der Waals surface area contributed by atoms with Crippen LogP contribution in [-0.4, -0.2) is 35.0 Å². The first-order valence-electron chi connectivity index (χ1n) is 12.1. The average molecular weight is 450 g/mol. The van der Waals surface area contributed by atoms with E-state index in [0.29, 0.717) is 17.7 Å². The van der Waals surface area contributed by atoms with Crippen molar-refractivity contribution < 1.29 is 23.9 Å². The summed E-state index contributed by atoms with van der Waals surface area (Å²) in [5, 5.41) is 3.04. The summed E-state index contributed by atoms with van der Waals surface area (Å²) in [6.07, 6.45) is 4.57. The number of ketones is 2. The number of anilines is 1. The summed E-state index contributed by atoms with van der Waals surface area (Å²) in [4.78, 5) is 40.4. The average Bonchev–Trinajstić information content (AvgIpc) is 3.30. The molecule has 6 rings (SSSR count). The molecule has 6 unspecified atom stereocenters. The number of Topliss-reactive ketones (excluding diaryl/α,β-unsaturated/α-hetero) is 1. The number of carbonyl (C=O) groups is 3. The molecule has 6 atom stereocenters. The lowest BCUT2D eigenvalue weighted by Gasteiger charge is -2.57. The zero-order chi connectivity index (χ0) is 23.4. The number of ether oxygens (including phenoxy) is 2. The summed E-state index contributed by atoms with van der Waals surface area (Å²) in [6.45, 7) is 8.08. The van der Waals surface area contributed by atoms with Gasteiger partial charge in [0.05, 0.1) is 11.1 Å². The molecule has 3 heterocycles. The molecule has 2 aliphatic carbocycles. The van der Waals surface area contributed by atoms with Gasteiger partial charge in [-0.3, -0.25) is 14.4 Å². The van der Waals surface area contributed by atoms with Gasteiger partial charge in [-0.1, -0.05) is 19.1 Å². The van der Waals surface area contributed by atoms with Crippen molar-refractivity contribution in [3.63, 3.8) is 0 Å². The van der Waals surface area contributed by atoms with Crippen LogP contribution in [0.3, 0.4) is 0 Å². The van der Waals surface area contributed by atoms with Gasteiger partial charge < -0.3 is 14.8 Å². The Kier molecular flexibility index (Phi) is 4.13. The lowest BCUT2D eigenvalue weighted by molar-refractivity contribution is -0.198. The number of para-hydroxylation sites is 1. The molecular weight excluding hydrogens is 418 g/mol. The number of rotatable bonds is 0. The fraction of sp³-hybridized carbons (Fsp3) is 0.593. The van der Waals surface area contributed by atoms with E-state index in [-0.39, 0.29) is 34.9 Å². The molecule has 1 saturated carbocycles. The fourth-order valence-corrected chi connectivity index (χ4v) is 7.21. The fourth-order valence-electron chi connectivity index (χ4n) is 7.21. The van der Waals surface area contributed by atoms with Crippen LogP contribution in [0.25, 0.3) is 0 Å². The van der Waals surface area contributed by atoms with Gasteiger partial charge in [0.2, 0.25) is 5.91 Å². The Balaban J connectivity index is 1.42. The van der Waals surface area contributed by atoms with E-state index in [9.17, 15) is 14.4 Å². The molecule has 2 saturated heterocycles. The Morgan fingerprint density at radius 2 is 1.73 bits per heavy atom. The normalized spacial score (nSPS) is 43.2. The van der Waals surface area contributed by atoms with Crippen LogP contribution in [0.4, 0.5) is 5.69 Å². The molecule has 1 aromatic rings. The molecule has 3 fully saturated rings. The SMILES string of the molecule is CC12C(=O)Nc3ccccc3C(=O)CC1CCC1C2=CC(=O)C2OC3(CCC12C)OC3(C)C. The molecule has 1 N–H and O–H groups in total. The largest absolute Gasteiger partial charge is 0.336 e. The third-order valence-electron chi connectivity index (χ3n) is 9.52. The van der Waals surface area contributed by atoms with Gasteiger partial charge in [-0.05, 0) is 75.7 Å². The summed E-state index contributed by atoms with van der Waals surface area (Å²) in [5.41, 5.74) is 0.302. The van der Waals surface area contributed by atoms with Crippen LogP contribution in [0.15, 0.2) is 35.9 Å². The van der Waals surface area contributed by atoms with Crippen molar-refractivity contribution in [2.45, 2.75) is 77.3 Å². The van der Waals surface area contributed by atoms with Gasteiger partial charge in [-0.2, -0.15) is 0 Å². The van der Waals surface area contributed by atoms with E-state index in [1.165, 1.54) is 0 Å². The maximum atomic E-state index is 13.8. The maximum Gasteiger partial charge on any atom is 0.234 e. The first-order valence-corrected chi connectivity index (χ1v) is 12.1. The van der Waals surface area contributed by atoms with E-state index >= 15 is 0 Å².